The van der Waals surface area contributed by atoms with Gasteiger partial charge in [0, 0.05) is 38.9 Å². The van der Waals surface area contributed by atoms with E-state index < -0.39 is 10.0 Å². The molecule has 0 radical (unpaired) electrons. The average Bonchev–Trinajstić information content (AvgIpc) is 2.86. The van der Waals surface area contributed by atoms with E-state index in [0.717, 1.165) is 16.9 Å². The Kier molecular flexibility index (Phi) is 5.16. The first-order valence-corrected chi connectivity index (χ1v) is 9.14. The molecule has 1 aliphatic rings. The number of carbonyl (C=O) groups excluding carboxylic acids is 1. The van der Waals surface area contributed by atoms with E-state index in [-0.39, 0.29) is 17.8 Å². The molecule has 1 unspecified atom stereocenters. The number of nitrogens with zero attached hydrogens (tertiary/aromatic N) is 2. The van der Waals surface area contributed by atoms with Crippen molar-refractivity contribution in [3.8, 4) is 0 Å². The molecule has 0 spiro atoms. The molecule has 1 heterocycles. The molecule has 23 heavy (non-hydrogen) atoms. The van der Waals surface area contributed by atoms with E-state index in [0.29, 0.717) is 13.1 Å². The minimum atomic E-state index is -3.26. The summed E-state index contributed by atoms with van der Waals surface area (Å²) in [6, 6.07) is 5.36. The third kappa shape index (κ3) is 4.14. The van der Waals surface area contributed by atoms with Gasteiger partial charge in [-0.3, -0.25) is 4.90 Å². The number of sulfonamides is 1. The van der Waals surface area contributed by atoms with Crippen molar-refractivity contribution in [1.82, 2.24) is 9.62 Å². The first-order valence-electron chi connectivity index (χ1n) is 7.53. The van der Waals surface area contributed by atoms with Crippen molar-refractivity contribution >= 4 is 27.4 Å². The van der Waals surface area contributed by atoms with Crippen LogP contribution in [0.2, 0.25) is 0 Å². The van der Waals surface area contributed by atoms with Crippen LogP contribution < -0.4 is 15.5 Å². The summed E-state index contributed by atoms with van der Waals surface area (Å²) < 4.78 is 25.1. The number of aryl methyl sites for hydroxylation is 1. The van der Waals surface area contributed by atoms with Crippen molar-refractivity contribution in [3.05, 3.63) is 23.8 Å². The molecule has 0 saturated carbocycles. The fourth-order valence-corrected chi connectivity index (χ4v) is 3.50. The lowest BCUT2D eigenvalue weighted by molar-refractivity contribution is 0.252. The van der Waals surface area contributed by atoms with Gasteiger partial charge in [-0.05, 0) is 31.5 Å². The predicted octanol–water partition coefficient (Wildman–Crippen LogP) is 1.22. The maximum atomic E-state index is 11.9. The number of carbonyl (C=O) groups is 1. The molecule has 0 bridgehead atoms. The summed E-state index contributed by atoms with van der Waals surface area (Å²) in [4.78, 5) is 13.5. The molecular weight excluding hydrogens is 316 g/mol. The number of nitrogens with one attached hydrogen (secondary N) is 2. The first-order chi connectivity index (χ1) is 10.7. The normalized spacial score (nSPS) is 16.6. The van der Waals surface area contributed by atoms with E-state index in [1.807, 2.05) is 32.0 Å². The second-order valence-corrected chi connectivity index (χ2v) is 8.22. The van der Waals surface area contributed by atoms with E-state index in [2.05, 4.69) is 10.6 Å². The Morgan fingerprint density at radius 3 is 2.65 bits per heavy atom. The Morgan fingerprint density at radius 1 is 1.39 bits per heavy atom. The van der Waals surface area contributed by atoms with Gasteiger partial charge in [0.2, 0.25) is 10.0 Å². The van der Waals surface area contributed by atoms with E-state index >= 15 is 0 Å². The van der Waals surface area contributed by atoms with Crippen molar-refractivity contribution in [2.75, 3.05) is 43.2 Å². The number of hydrogen-bond donors (Lipinski definition) is 2. The summed E-state index contributed by atoms with van der Waals surface area (Å²) in [7, 11) is -0.212. The average molecular weight is 340 g/mol. The number of urea groups is 1. The van der Waals surface area contributed by atoms with E-state index in [4.69, 9.17) is 0 Å². The molecule has 1 fully saturated rings. The Morgan fingerprint density at radius 2 is 2.09 bits per heavy atom. The lowest BCUT2D eigenvalue weighted by atomic mass is 10.1. The zero-order valence-corrected chi connectivity index (χ0v) is 14.8. The number of benzene rings is 1. The standard InChI is InChI=1S/C15H24N4O3S/c1-11-5-6-13(9-14(11)19-8-7-16-15(19)20)17-12(2)10-23(21,22)18(3)4/h5-6,9,12,17H,7-8,10H2,1-4H3,(H,16,20). The summed E-state index contributed by atoms with van der Waals surface area (Å²) in [5.74, 6) is 0.00735. The third-order valence-corrected chi connectivity index (χ3v) is 5.82. The van der Waals surface area contributed by atoms with Gasteiger partial charge in [0.1, 0.15) is 0 Å². The van der Waals surface area contributed by atoms with Gasteiger partial charge in [0.05, 0.1) is 11.4 Å². The van der Waals surface area contributed by atoms with E-state index in [9.17, 15) is 13.2 Å². The molecule has 2 amide bonds. The summed E-state index contributed by atoms with van der Waals surface area (Å²) in [6.07, 6.45) is 0. The van der Waals surface area contributed by atoms with Crippen molar-refractivity contribution in [2.24, 2.45) is 0 Å². The van der Waals surface area contributed by atoms with Gasteiger partial charge in [-0.2, -0.15) is 0 Å². The minimum absolute atomic E-state index is 0.00735. The lowest BCUT2D eigenvalue weighted by Crippen LogP contribution is -2.33. The van der Waals surface area contributed by atoms with Crippen LogP contribution >= 0.6 is 0 Å². The van der Waals surface area contributed by atoms with Gasteiger partial charge < -0.3 is 10.6 Å². The van der Waals surface area contributed by atoms with Crippen LogP contribution in [-0.2, 0) is 10.0 Å². The summed E-state index contributed by atoms with van der Waals surface area (Å²) in [5, 5.41) is 5.98. The maximum absolute atomic E-state index is 11.9. The molecular formula is C15H24N4O3S. The van der Waals surface area contributed by atoms with Gasteiger partial charge in [0.25, 0.3) is 0 Å². The van der Waals surface area contributed by atoms with Gasteiger partial charge in [-0.15, -0.1) is 0 Å². The topological polar surface area (TPSA) is 81.8 Å². The Balaban J connectivity index is 2.13. The van der Waals surface area contributed by atoms with Crippen molar-refractivity contribution in [2.45, 2.75) is 19.9 Å². The van der Waals surface area contributed by atoms with Crippen molar-refractivity contribution in [3.63, 3.8) is 0 Å². The third-order valence-electron chi connectivity index (χ3n) is 3.79. The monoisotopic (exact) mass is 340 g/mol. The quantitative estimate of drug-likeness (QED) is 0.816. The molecule has 128 valence electrons. The number of amides is 2. The van der Waals surface area contributed by atoms with Gasteiger partial charge in [-0.25, -0.2) is 17.5 Å². The number of hydrogen-bond acceptors (Lipinski definition) is 4. The summed E-state index contributed by atoms with van der Waals surface area (Å²) in [5.41, 5.74) is 2.64. The van der Waals surface area contributed by atoms with Crippen LogP contribution in [0.1, 0.15) is 12.5 Å². The predicted molar refractivity (Wildman–Crippen MR) is 92.5 cm³/mol. The molecule has 1 atom stereocenters. The van der Waals surface area contributed by atoms with Gasteiger partial charge in [0.15, 0.2) is 0 Å². The number of anilines is 2. The molecule has 8 heteroatoms. The highest BCUT2D eigenvalue weighted by Crippen LogP contribution is 2.26. The van der Waals surface area contributed by atoms with Crippen LogP contribution in [0.25, 0.3) is 0 Å². The molecule has 2 rings (SSSR count). The second kappa shape index (κ2) is 6.76. The van der Waals surface area contributed by atoms with Crippen LogP contribution in [0.5, 0.6) is 0 Å². The molecule has 1 aliphatic heterocycles. The Hall–Kier alpha value is -1.80. The molecule has 7 nitrogen and oxygen atoms in total. The van der Waals surface area contributed by atoms with Crippen molar-refractivity contribution < 1.29 is 13.2 Å². The molecule has 1 aromatic carbocycles. The molecule has 0 aliphatic carbocycles. The largest absolute Gasteiger partial charge is 0.381 e. The van der Waals surface area contributed by atoms with Crippen molar-refractivity contribution in [1.29, 1.82) is 0 Å². The molecule has 1 saturated heterocycles. The van der Waals surface area contributed by atoms with Gasteiger partial charge >= 0.3 is 6.03 Å². The molecule has 0 aromatic heterocycles. The molecule has 1 aromatic rings. The second-order valence-electron chi connectivity index (χ2n) is 5.99. The maximum Gasteiger partial charge on any atom is 0.322 e. The summed E-state index contributed by atoms with van der Waals surface area (Å²) >= 11 is 0. The minimum Gasteiger partial charge on any atom is -0.381 e. The van der Waals surface area contributed by atoms with E-state index in [1.54, 1.807) is 4.90 Å². The summed E-state index contributed by atoms with van der Waals surface area (Å²) in [6.45, 7) is 5.04. The van der Waals surface area contributed by atoms with Crippen LogP contribution in [0.15, 0.2) is 18.2 Å². The highest BCUT2D eigenvalue weighted by atomic mass is 32.2. The zero-order chi connectivity index (χ0) is 17.2. The lowest BCUT2D eigenvalue weighted by Gasteiger charge is -2.21. The Labute approximate surface area is 137 Å². The van der Waals surface area contributed by atoms with Crippen LogP contribution in [0.3, 0.4) is 0 Å². The van der Waals surface area contributed by atoms with Crippen LogP contribution in [-0.4, -0.2) is 57.7 Å². The highest BCUT2D eigenvalue weighted by Gasteiger charge is 2.23. The molecule has 2 N–H and O–H groups in total. The highest BCUT2D eigenvalue weighted by molar-refractivity contribution is 7.89. The van der Waals surface area contributed by atoms with E-state index in [1.165, 1.54) is 18.4 Å². The SMILES string of the molecule is Cc1ccc(NC(C)CS(=O)(=O)N(C)C)cc1N1CCNC1=O. The first kappa shape index (κ1) is 17.6. The number of rotatable bonds is 6. The Bertz CT molecular complexity index is 688. The van der Waals surface area contributed by atoms with Crippen LogP contribution in [0.4, 0.5) is 16.2 Å². The fraction of sp³-hybridized carbons (Fsp3) is 0.533. The van der Waals surface area contributed by atoms with Crippen LogP contribution in [0, 0.1) is 6.92 Å². The smallest absolute Gasteiger partial charge is 0.322 e. The zero-order valence-electron chi connectivity index (χ0n) is 14.0. The fourth-order valence-electron chi connectivity index (χ4n) is 2.48. The van der Waals surface area contributed by atoms with Gasteiger partial charge in [-0.1, -0.05) is 6.07 Å².